The second-order valence-corrected chi connectivity index (χ2v) is 8.99. The van der Waals surface area contributed by atoms with Gasteiger partial charge in [0.15, 0.2) is 0 Å². The molecule has 2 aromatic heterocycles. The van der Waals surface area contributed by atoms with Crippen LogP contribution in [0.5, 0.6) is 0 Å². The highest BCUT2D eigenvalue weighted by Gasteiger charge is 2.26. The van der Waals surface area contributed by atoms with Crippen LogP contribution in [0.15, 0.2) is 22.7 Å². The Labute approximate surface area is 161 Å². The van der Waals surface area contributed by atoms with Crippen LogP contribution in [0.3, 0.4) is 0 Å². The molecule has 0 atom stereocenters. The van der Waals surface area contributed by atoms with Crippen molar-refractivity contribution in [2.24, 2.45) is 0 Å². The lowest BCUT2D eigenvalue weighted by molar-refractivity contribution is -0.917. The third kappa shape index (κ3) is 4.27. The van der Waals surface area contributed by atoms with Gasteiger partial charge in [0.05, 0.1) is 42.9 Å². The molecule has 2 aromatic rings. The Bertz CT molecular complexity index is 705. The molecule has 0 aromatic carbocycles. The van der Waals surface area contributed by atoms with Crippen LogP contribution in [0.25, 0.3) is 0 Å². The van der Waals surface area contributed by atoms with E-state index in [4.69, 9.17) is 0 Å². The lowest BCUT2D eigenvalue weighted by Crippen LogP contribution is -3.13. The van der Waals surface area contributed by atoms with Crippen LogP contribution >= 0.6 is 23.1 Å². The molecule has 1 saturated heterocycles. The molecule has 1 amide bonds. The first kappa shape index (κ1) is 17.9. The highest BCUT2D eigenvalue weighted by Crippen LogP contribution is 2.31. The van der Waals surface area contributed by atoms with Crippen molar-refractivity contribution in [3.8, 4) is 0 Å². The van der Waals surface area contributed by atoms with Crippen LogP contribution in [0.1, 0.15) is 36.6 Å². The van der Waals surface area contributed by atoms with Gasteiger partial charge in [0.2, 0.25) is 11.1 Å². The van der Waals surface area contributed by atoms with E-state index in [1.54, 1.807) is 4.90 Å². The predicted octanol–water partition coefficient (Wildman–Crippen LogP) is 0.869. The number of carbonyl (C=O) groups excluding carboxylic acids is 1. The summed E-state index contributed by atoms with van der Waals surface area (Å²) in [4.78, 5) is 17.6. The van der Waals surface area contributed by atoms with Gasteiger partial charge in [0, 0.05) is 0 Å². The van der Waals surface area contributed by atoms with Crippen molar-refractivity contribution in [1.82, 2.24) is 25.1 Å². The molecule has 1 aliphatic heterocycles. The van der Waals surface area contributed by atoms with Crippen molar-refractivity contribution < 1.29 is 9.69 Å². The molecule has 7 nitrogen and oxygen atoms in total. The molecule has 140 valence electrons. The number of amides is 1. The van der Waals surface area contributed by atoms with Crippen molar-refractivity contribution in [3.05, 3.63) is 22.4 Å². The van der Waals surface area contributed by atoms with Crippen molar-refractivity contribution in [3.63, 3.8) is 0 Å². The Morgan fingerprint density at radius 3 is 2.85 bits per heavy atom. The highest BCUT2D eigenvalue weighted by molar-refractivity contribution is 7.99. The first-order chi connectivity index (χ1) is 12.8. The van der Waals surface area contributed by atoms with Crippen molar-refractivity contribution in [1.29, 1.82) is 0 Å². The minimum Gasteiger partial charge on any atom is -0.331 e. The molecule has 3 heterocycles. The normalized spacial score (nSPS) is 19.3. The van der Waals surface area contributed by atoms with Crippen LogP contribution in [0, 0.1) is 0 Å². The minimum absolute atomic E-state index is 0.200. The number of tetrazole rings is 1. The number of thioether (sulfide) groups is 1. The van der Waals surface area contributed by atoms with E-state index in [1.165, 1.54) is 29.5 Å². The summed E-state index contributed by atoms with van der Waals surface area (Å²) in [6.45, 7) is 4.80. The second-order valence-electron chi connectivity index (χ2n) is 7.02. The van der Waals surface area contributed by atoms with Gasteiger partial charge < -0.3 is 9.80 Å². The van der Waals surface area contributed by atoms with E-state index < -0.39 is 0 Å². The molecule has 4 rings (SSSR count). The van der Waals surface area contributed by atoms with Gasteiger partial charge in [-0.2, -0.15) is 0 Å². The quantitative estimate of drug-likeness (QED) is 0.738. The fourth-order valence-corrected chi connectivity index (χ4v) is 5.41. The lowest BCUT2D eigenvalue weighted by Gasteiger charge is -2.32. The molecule has 0 unspecified atom stereocenters. The maximum Gasteiger partial charge on any atom is 0.233 e. The average molecular weight is 394 g/mol. The first-order valence-corrected chi connectivity index (χ1v) is 11.2. The predicted molar refractivity (Wildman–Crippen MR) is 101 cm³/mol. The summed E-state index contributed by atoms with van der Waals surface area (Å²) in [5.74, 6) is 0.624. The number of nitrogens with zero attached hydrogens (tertiary/aromatic N) is 5. The largest absolute Gasteiger partial charge is 0.331 e. The molecule has 26 heavy (non-hydrogen) atoms. The second kappa shape index (κ2) is 8.49. The van der Waals surface area contributed by atoms with Crippen LogP contribution in [0.4, 0.5) is 0 Å². The molecular formula is C17H25N6OS2+. The molecule has 1 aliphatic carbocycles. The maximum absolute atomic E-state index is 12.6. The van der Waals surface area contributed by atoms with Gasteiger partial charge in [0.1, 0.15) is 6.54 Å². The summed E-state index contributed by atoms with van der Waals surface area (Å²) < 4.78 is 1.92. The Hall–Kier alpha value is -1.45. The minimum atomic E-state index is 0.200. The van der Waals surface area contributed by atoms with E-state index in [-0.39, 0.29) is 5.91 Å². The van der Waals surface area contributed by atoms with Crippen LogP contribution < -0.4 is 4.90 Å². The van der Waals surface area contributed by atoms with Gasteiger partial charge in [-0.05, 0) is 34.7 Å². The zero-order valence-electron chi connectivity index (χ0n) is 14.8. The molecule has 9 heteroatoms. The van der Waals surface area contributed by atoms with Gasteiger partial charge in [-0.1, -0.05) is 30.7 Å². The summed E-state index contributed by atoms with van der Waals surface area (Å²) >= 11 is 3.29. The standard InChI is InChI=1S/C17H24N6OS2/c24-16(13-26-17-18-19-20-23(17)14-4-1-2-5-14)22-9-7-21(8-10-22)12-15-6-3-11-25-15/h3,6,11,14H,1-2,4-5,7-10,12-13H2/p+1. The number of thiophene rings is 1. The molecule has 1 saturated carbocycles. The third-order valence-electron chi connectivity index (χ3n) is 5.29. The molecule has 1 N–H and O–H groups in total. The van der Waals surface area contributed by atoms with E-state index in [1.807, 2.05) is 20.9 Å². The van der Waals surface area contributed by atoms with Gasteiger partial charge in [-0.25, -0.2) is 4.68 Å². The summed E-state index contributed by atoms with van der Waals surface area (Å²) in [6.07, 6.45) is 4.76. The van der Waals surface area contributed by atoms with E-state index in [0.29, 0.717) is 11.8 Å². The maximum atomic E-state index is 12.6. The average Bonchev–Trinajstić information content (AvgIpc) is 3.41. The molecule has 0 radical (unpaired) electrons. The van der Waals surface area contributed by atoms with E-state index in [0.717, 1.165) is 50.7 Å². The number of piperazine rings is 1. The number of hydrogen-bond donors (Lipinski definition) is 1. The number of aromatic nitrogens is 4. The van der Waals surface area contributed by atoms with Gasteiger partial charge in [-0.3, -0.25) is 4.79 Å². The summed E-state index contributed by atoms with van der Waals surface area (Å²) in [5.41, 5.74) is 0. The van der Waals surface area contributed by atoms with Crippen LogP contribution in [-0.4, -0.2) is 62.9 Å². The third-order valence-corrected chi connectivity index (χ3v) is 7.08. The molecular weight excluding hydrogens is 368 g/mol. The number of carbonyl (C=O) groups is 1. The number of rotatable bonds is 6. The number of hydrogen-bond acceptors (Lipinski definition) is 6. The van der Waals surface area contributed by atoms with Crippen LogP contribution in [-0.2, 0) is 11.3 Å². The summed E-state index contributed by atoms with van der Waals surface area (Å²) in [7, 11) is 0. The Morgan fingerprint density at radius 1 is 1.31 bits per heavy atom. The monoisotopic (exact) mass is 393 g/mol. The highest BCUT2D eigenvalue weighted by atomic mass is 32.2. The van der Waals surface area contributed by atoms with E-state index >= 15 is 0 Å². The molecule has 0 bridgehead atoms. The SMILES string of the molecule is O=C(CSc1nnnn1C1CCCC1)N1CC[NH+](Cc2cccs2)CC1. The summed E-state index contributed by atoms with van der Waals surface area (Å²) in [5, 5.41) is 15.0. The summed E-state index contributed by atoms with van der Waals surface area (Å²) in [6, 6.07) is 4.71. The van der Waals surface area contributed by atoms with E-state index in [9.17, 15) is 4.79 Å². The Morgan fingerprint density at radius 2 is 2.12 bits per heavy atom. The van der Waals surface area contributed by atoms with Gasteiger partial charge in [0.25, 0.3) is 0 Å². The lowest BCUT2D eigenvalue weighted by atomic mass is 10.3. The van der Waals surface area contributed by atoms with Gasteiger partial charge in [-0.15, -0.1) is 16.4 Å². The van der Waals surface area contributed by atoms with Crippen LogP contribution in [0.2, 0.25) is 0 Å². The topological polar surface area (TPSA) is 68.4 Å². The Kier molecular flexibility index (Phi) is 5.86. The Balaban J connectivity index is 1.24. The van der Waals surface area contributed by atoms with Crippen molar-refractivity contribution in [2.45, 2.75) is 43.4 Å². The van der Waals surface area contributed by atoms with E-state index in [2.05, 4.69) is 33.0 Å². The fourth-order valence-electron chi connectivity index (χ4n) is 3.78. The van der Waals surface area contributed by atoms with Crippen molar-refractivity contribution >= 4 is 29.0 Å². The molecule has 2 fully saturated rings. The first-order valence-electron chi connectivity index (χ1n) is 9.34. The smallest absolute Gasteiger partial charge is 0.233 e. The number of quaternary nitrogens is 1. The molecule has 0 spiro atoms. The number of nitrogens with one attached hydrogen (secondary N) is 1. The van der Waals surface area contributed by atoms with Gasteiger partial charge >= 0.3 is 0 Å². The van der Waals surface area contributed by atoms with Crippen molar-refractivity contribution in [2.75, 3.05) is 31.9 Å². The zero-order chi connectivity index (χ0) is 17.8. The zero-order valence-corrected chi connectivity index (χ0v) is 16.5. The fraction of sp³-hybridized carbons (Fsp3) is 0.647. The molecule has 2 aliphatic rings.